The normalized spacial score (nSPS) is 16.0. The molecule has 1 atom stereocenters. The van der Waals surface area contributed by atoms with Gasteiger partial charge in [-0.25, -0.2) is 9.69 Å². The molecule has 0 saturated carbocycles. The number of nitrogens with one attached hydrogen (secondary N) is 1. The fourth-order valence-electron chi connectivity index (χ4n) is 2.91. The summed E-state index contributed by atoms with van der Waals surface area (Å²) in [5.74, 6) is -1.84. The van der Waals surface area contributed by atoms with Gasteiger partial charge in [0.25, 0.3) is 5.56 Å². The highest BCUT2D eigenvalue weighted by molar-refractivity contribution is 8.00. The fourth-order valence-corrected chi connectivity index (χ4v) is 3.91. The number of carbonyl (C=O) groups excluding carboxylic acids is 3. The third-order valence-corrected chi connectivity index (χ3v) is 5.39. The maximum absolute atomic E-state index is 12.8. The zero-order valence-corrected chi connectivity index (χ0v) is 16.9. The molecule has 1 aliphatic rings. The lowest BCUT2D eigenvalue weighted by molar-refractivity contribution is -0.121. The van der Waals surface area contributed by atoms with Crippen LogP contribution in [0.4, 0.5) is 5.69 Å². The van der Waals surface area contributed by atoms with Crippen LogP contribution in [-0.2, 0) is 20.7 Å². The third-order valence-electron chi connectivity index (χ3n) is 4.32. The van der Waals surface area contributed by atoms with Gasteiger partial charge in [0, 0.05) is 12.8 Å². The summed E-state index contributed by atoms with van der Waals surface area (Å²) < 4.78 is 4.91. The number of hydrogen-bond donors (Lipinski definition) is 2. The molecule has 2 N–H and O–H groups in total. The van der Waals surface area contributed by atoms with Crippen LogP contribution in [0.1, 0.15) is 29.3 Å². The summed E-state index contributed by atoms with van der Waals surface area (Å²) in [6.07, 6.45) is 1.51. The van der Waals surface area contributed by atoms with Crippen molar-refractivity contribution in [2.24, 2.45) is 0 Å². The molecule has 2 heterocycles. The first-order chi connectivity index (χ1) is 14.3. The quantitative estimate of drug-likeness (QED) is 0.295. The van der Waals surface area contributed by atoms with E-state index >= 15 is 0 Å². The number of carbonyl (C=O) groups is 3. The predicted molar refractivity (Wildman–Crippen MR) is 110 cm³/mol. The van der Waals surface area contributed by atoms with E-state index in [1.165, 1.54) is 30.3 Å². The standard InChI is InChI=1S/C20H19N3O6S/c1-3-5-13-16(25)21-20(22-17(13)26)30-14-10-15(24)23(18(14)27)12-8-6-11(7-9-12)19(28)29-4-2/h3,6-9,14H,1,4-5,10H2,2H3,(H2,21,22,25,26). The molecule has 0 radical (unpaired) electrons. The molecule has 2 amide bonds. The molecular formula is C20H19N3O6S. The molecule has 156 valence electrons. The second kappa shape index (κ2) is 8.95. The van der Waals surface area contributed by atoms with E-state index in [0.717, 1.165) is 16.7 Å². The van der Waals surface area contributed by atoms with Crippen molar-refractivity contribution in [1.82, 2.24) is 9.97 Å². The Morgan fingerprint density at radius 2 is 2.07 bits per heavy atom. The van der Waals surface area contributed by atoms with Crippen LogP contribution in [0.5, 0.6) is 5.88 Å². The molecule has 0 bridgehead atoms. The highest BCUT2D eigenvalue weighted by Gasteiger charge is 2.40. The minimum absolute atomic E-state index is 0.0379. The first kappa shape index (κ1) is 21.3. The average Bonchev–Trinajstić information content (AvgIpc) is 2.98. The molecule has 30 heavy (non-hydrogen) atoms. The number of imide groups is 1. The van der Waals surface area contributed by atoms with Crippen molar-refractivity contribution < 1.29 is 24.2 Å². The summed E-state index contributed by atoms with van der Waals surface area (Å²) in [7, 11) is 0. The van der Waals surface area contributed by atoms with E-state index in [-0.39, 0.29) is 30.2 Å². The molecule has 0 spiro atoms. The van der Waals surface area contributed by atoms with Gasteiger partial charge < -0.3 is 14.8 Å². The third kappa shape index (κ3) is 4.28. The number of allylic oxidation sites excluding steroid dienone is 1. The lowest BCUT2D eigenvalue weighted by atomic mass is 10.2. The van der Waals surface area contributed by atoms with Crippen molar-refractivity contribution >= 4 is 35.2 Å². The van der Waals surface area contributed by atoms with Gasteiger partial charge in [0.05, 0.1) is 23.4 Å². The molecular weight excluding hydrogens is 410 g/mol. The lowest BCUT2D eigenvalue weighted by Gasteiger charge is -2.15. The van der Waals surface area contributed by atoms with E-state index in [4.69, 9.17) is 4.74 Å². The number of benzene rings is 1. The summed E-state index contributed by atoms with van der Waals surface area (Å²) in [6, 6.07) is 5.93. The monoisotopic (exact) mass is 429 g/mol. The van der Waals surface area contributed by atoms with Gasteiger partial charge in [0.15, 0.2) is 5.16 Å². The predicted octanol–water partition coefficient (Wildman–Crippen LogP) is 1.80. The van der Waals surface area contributed by atoms with Crippen LogP contribution in [0.25, 0.3) is 0 Å². The number of esters is 1. The first-order valence-electron chi connectivity index (χ1n) is 9.09. The number of aromatic hydroxyl groups is 1. The van der Waals surface area contributed by atoms with Gasteiger partial charge >= 0.3 is 5.97 Å². The number of amides is 2. The largest absolute Gasteiger partial charge is 0.493 e. The second-order valence-corrected chi connectivity index (χ2v) is 7.50. The summed E-state index contributed by atoms with van der Waals surface area (Å²) in [4.78, 5) is 56.5. The molecule has 1 aromatic heterocycles. The molecule has 10 heteroatoms. The smallest absolute Gasteiger partial charge is 0.338 e. The zero-order chi connectivity index (χ0) is 21.8. The summed E-state index contributed by atoms with van der Waals surface area (Å²) in [5.41, 5.74) is 0.175. The molecule has 1 unspecified atom stereocenters. The number of H-pyrrole nitrogens is 1. The molecule has 1 aliphatic heterocycles. The van der Waals surface area contributed by atoms with Gasteiger partial charge in [-0.2, -0.15) is 4.98 Å². The Bertz CT molecular complexity index is 1060. The van der Waals surface area contributed by atoms with E-state index in [9.17, 15) is 24.3 Å². The number of hydrogen-bond acceptors (Lipinski definition) is 8. The molecule has 1 saturated heterocycles. The van der Waals surface area contributed by atoms with Crippen molar-refractivity contribution in [3.8, 4) is 5.88 Å². The van der Waals surface area contributed by atoms with Crippen LogP contribution in [-0.4, -0.2) is 44.7 Å². The van der Waals surface area contributed by atoms with Crippen molar-refractivity contribution in [1.29, 1.82) is 0 Å². The van der Waals surface area contributed by atoms with Gasteiger partial charge in [-0.1, -0.05) is 17.8 Å². The Labute approximate surface area is 175 Å². The van der Waals surface area contributed by atoms with Crippen LogP contribution >= 0.6 is 11.8 Å². The zero-order valence-electron chi connectivity index (χ0n) is 16.1. The van der Waals surface area contributed by atoms with Gasteiger partial charge in [0.2, 0.25) is 17.7 Å². The Balaban J connectivity index is 1.77. The topological polar surface area (TPSA) is 130 Å². The summed E-state index contributed by atoms with van der Waals surface area (Å²) in [6.45, 7) is 5.45. The van der Waals surface area contributed by atoms with Crippen LogP contribution in [0.3, 0.4) is 0 Å². The number of thioether (sulfide) groups is 1. The van der Waals surface area contributed by atoms with E-state index in [1.54, 1.807) is 6.92 Å². The average molecular weight is 429 g/mol. The van der Waals surface area contributed by atoms with Gasteiger partial charge in [-0.3, -0.25) is 14.4 Å². The maximum Gasteiger partial charge on any atom is 0.338 e. The second-order valence-electron chi connectivity index (χ2n) is 6.31. The highest BCUT2D eigenvalue weighted by atomic mass is 32.2. The van der Waals surface area contributed by atoms with E-state index in [0.29, 0.717) is 11.3 Å². The van der Waals surface area contributed by atoms with Crippen LogP contribution in [0, 0.1) is 0 Å². The van der Waals surface area contributed by atoms with E-state index < -0.39 is 34.5 Å². The fraction of sp³-hybridized carbons (Fsp3) is 0.250. The number of nitrogens with zero attached hydrogens (tertiary/aromatic N) is 2. The first-order valence-corrected chi connectivity index (χ1v) is 9.97. The Hall–Kier alpha value is -3.40. The summed E-state index contributed by atoms with van der Waals surface area (Å²) >= 11 is 0.893. The Kier molecular flexibility index (Phi) is 6.36. The molecule has 2 aromatic rings. The molecule has 1 fully saturated rings. The SMILES string of the molecule is C=CCc1c(O)nc(SC2CC(=O)N(c3ccc(C(=O)OCC)cc3)C2=O)[nH]c1=O. The minimum atomic E-state index is -0.810. The number of rotatable bonds is 7. The number of aromatic amines is 1. The van der Waals surface area contributed by atoms with Gasteiger partial charge in [-0.05, 0) is 31.2 Å². The lowest BCUT2D eigenvalue weighted by Crippen LogP contribution is -2.31. The van der Waals surface area contributed by atoms with Crippen molar-refractivity contribution in [3.63, 3.8) is 0 Å². The van der Waals surface area contributed by atoms with Crippen molar-refractivity contribution in [2.45, 2.75) is 30.2 Å². The van der Waals surface area contributed by atoms with Crippen molar-refractivity contribution in [3.05, 3.63) is 58.4 Å². The van der Waals surface area contributed by atoms with E-state index in [1.807, 2.05) is 0 Å². The maximum atomic E-state index is 12.8. The number of ether oxygens (including phenoxy) is 1. The Morgan fingerprint density at radius 3 is 2.67 bits per heavy atom. The molecule has 3 rings (SSSR count). The van der Waals surface area contributed by atoms with Gasteiger partial charge in [0.1, 0.15) is 5.25 Å². The minimum Gasteiger partial charge on any atom is -0.493 e. The molecule has 1 aromatic carbocycles. The van der Waals surface area contributed by atoms with Gasteiger partial charge in [-0.15, -0.1) is 6.58 Å². The van der Waals surface area contributed by atoms with Crippen LogP contribution in [0.2, 0.25) is 0 Å². The number of anilines is 1. The molecule has 0 aliphatic carbocycles. The van der Waals surface area contributed by atoms with Crippen LogP contribution in [0.15, 0.2) is 46.9 Å². The Morgan fingerprint density at radius 1 is 1.37 bits per heavy atom. The summed E-state index contributed by atoms with van der Waals surface area (Å²) in [5, 5.41) is 9.17. The van der Waals surface area contributed by atoms with Crippen molar-refractivity contribution in [2.75, 3.05) is 11.5 Å². The van der Waals surface area contributed by atoms with E-state index in [2.05, 4.69) is 16.5 Å². The number of aromatic nitrogens is 2. The highest BCUT2D eigenvalue weighted by Crippen LogP contribution is 2.33. The molecule has 9 nitrogen and oxygen atoms in total. The van der Waals surface area contributed by atoms with Crippen LogP contribution < -0.4 is 10.5 Å².